The number of rotatable bonds is 7. The Morgan fingerprint density at radius 3 is 2.47 bits per heavy atom. The van der Waals surface area contributed by atoms with Crippen LogP contribution in [0.2, 0.25) is 0 Å². The lowest BCUT2D eigenvalue weighted by Crippen LogP contribution is -2.35. The number of benzene rings is 2. The Balaban J connectivity index is 1.62. The Morgan fingerprint density at radius 2 is 1.86 bits per heavy atom. The molecule has 0 unspecified atom stereocenters. The standard InChI is InChI=1S/C24H24BrF3N2O3S3/c1-14-5-4-6-15(2)21(14)35-22-18(25)12-20(34-22)36(31,32)30-16-7-8-17(24(26,27)28)19(11-16)33-23(3)9-10-29-13-23/h4-8,11-12,29-30H,9-10,13H2,1-3H3/t23-/m1/s1. The molecule has 36 heavy (non-hydrogen) atoms. The molecule has 12 heteroatoms. The molecule has 1 aliphatic heterocycles. The minimum Gasteiger partial charge on any atom is -0.485 e. The van der Waals surface area contributed by atoms with Crippen LogP contribution >= 0.6 is 39.0 Å². The lowest BCUT2D eigenvalue weighted by molar-refractivity contribution is -0.139. The van der Waals surface area contributed by atoms with E-state index in [-0.39, 0.29) is 9.90 Å². The maximum absolute atomic E-state index is 13.6. The Bertz CT molecular complexity index is 1360. The highest BCUT2D eigenvalue weighted by atomic mass is 79.9. The molecular formula is C24H24BrF3N2O3S3. The van der Waals surface area contributed by atoms with E-state index in [0.717, 1.165) is 49.8 Å². The smallest absolute Gasteiger partial charge is 0.419 e. The predicted molar refractivity (Wildman–Crippen MR) is 141 cm³/mol. The summed E-state index contributed by atoms with van der Waals surface area (Å²) in [6.45, 7) is 6.72. The van der Waals surface area contributed by atoms with Crippen LogP contribution in [0.5, 0.6) is 5.75 Å². The highest BCUT2D eigenvalue weighted by Crippen LogP contribution is 2.44. The average molecular weight is 622 g/mol. The van der Waals surface area contributed by atoms with Gasteiger partial charge in [-0.2, -0.15) is 13.2 Å². The minimum atomic E-state index is -4.65. The number of anilines is 1. The molecule has 0 radical (unpaired) electrons. The second kappa shape index (κ2) is 10.2. The maximum atomic E-state index is 13.6. The highest BCUT2D eigenvalue weighted by Gasteiger charge is 2.38. The van der Waals surface area contributed by atoms with Crippen molar-refractivity contribution in [2.75, 3.05) is 17.8 Å². The first kappa shape index (κ1) is 27.3. The number of alkyl halides is 3. The molecule has 2 N–H and O–H groups in total. The fraction of sp³-hybridized carbons (Fsp3) is 0.333. The van der Waals surface area contributed by atoms with Crippen LogP contribution in [-0.4, -0.2) is 27.1 Å². The molecule has 1 fully saturated rings. The van der Waals surface area contributed by atoms with E-state index in [2.05, 4.69) is 26.0 Å². The zero-order valence-corrected chi connectivity index (χ0v) is 23.7. The van der Waals surface area contributed by atoms with Crippen molar-refractivity contribution in [2.24, 2.45) is 0 Å². The number of halogens is 4. The molecule has 3 aromatic rings. The molecule has 0 amide bonds. The highest BCUT2D eigenvalue weighted by molar-refractivity contribution is 9.10. The van der Waals surface area contributed by atoms with Gasteiger partial charge in [0.05, 0.1) is 15.5 Å². The van der Waals surface area contributed by atoms with Crippen LogP contribution in [0.3, 0.4) is 0 Å². The van der Waals surface area contributed by atoms with Gasteiger partial charge in [-0.05, 0) is 72.6 Å². The normalized spacial score (nSPS) is 18.4. The summed E-state index contributed by atoms with van der Waals surface area (Å²) in [5, 5.41) is 3.07. The van der Waals surface area contributed by atoms with E-state index in [0.29, 0.717) is 24.0 Å². The van der Waals surface area contributed by atoms with Crippen LogP contribution in [-0.2, 0) is 16.2 Å². The lowest BCUT2D eigenvalue weighted by atomic mass is 10.1. The van der Waals surface area contributed by atoms with E-state index in [1.807, 2.05) is 32.0 Å². The molecule has 0 saturated carbocycles. The molecule has 1 atom stereocenters. The van der Waals surface area contributed by atoms with E-state index in [1.54, 1.807) is 6.92 Å². The van der Waals surface area contributed by atoms with Crippen LogP contribution < -0.4 is 14.8 Å². The molecule has 0 bridgehead atoms. The fourth-order valence-corrected chi connectivity index (χ4v) is 8.65. The van der Waals surface area contributed by atoms with Gasteiger partial charge in [0.25, 0.3) is 10.0 Å². The zero-order valence-electron chi connectivity index (χ0n) is 19.6. The first-order valence-corrected chi connectivity index (χ1v) is 14.9. The van der Waals surface area contributed by atoms with Crippen molar-refractivity contribution in [3.8, 4) is 5.75 Å². The number of nitrogens with one attached hydrogen (secondary N) is 2. The second-order valence-corrected chi connectivity index (χ2v) is 13.9. The summed E-state index contributed by atoms with van der Waals surface area (Å²) in [6, 6.07) is 10.5. The van der Waals surface area contributed by atoms with Gasteiger partial charge in [0.1, 0.15) is 15.6 Å². The van der Waals surface area contributed by atoms with E-state index in [1.165, 1.54) is 17.8 Å². The Kier molecular flexibility index (Phi) is 7.74. The molecule has 5 nitrogen and oxygen atoms in total. The van der Waals surface area contributed by atoms with Crippen molar-refractivity contribution in [3.05, 3.63) is 63.6 Å². The third kappa shape index (κ3) is 6.04. The Hall–Kier alpha value is -1.73. The van der Waals surface area contributed by atoms with Crippen LogP contribution in [0.4, 0.5) is 18.9 Å². The summed E-state index contributed by atoms with van der Waals surface area (Å²) in [6.07, 6.45) is -4.11. The van der Waals surface area contributed by atoms with Crippen molar-refractivity contribution < 1.29 is 26.3 Å². The first-order valence-electron chi connectivity index (χ1n) is 10.9. The quantitative estimate of drug-likeness (QED) is 0.292. The molecule has 1 aliphatic rings. The number of ether oxygens (including phenoxy) is 1. The monoisotopic (exact) mass is 620 g/mol. The summed E-state index contributed by atoms with van der Waals surface area (Å²) >= 11 is 5.99. The van der Waals surface area contributed by atoms with Gasteiger partial charge in [-0.15, -0.1) is 11.3 Å². The molecule has 4 rings (SSSR count). The maximum Gasteiger partial charge on any atom is 0.419 e. The van der Waals surface area contributed by atoms with Gasteiger partial charge in [0.2, 0.25) is 0 Å². The third-order valence-corrected chi connectivity index (χ3v) is 11.4. The Labute approximate surface area is 225 Å². The fourth-order valence-electron chi connectivity index (χ4n) is 3.84. The summed E-state index contributed by atoms with van der Waals surface area (Å²) < 4.78 is 76.8. The van der Waals surface area contributed by atoms with Crippen LogP contribution in [0.15, 0.2) is 60.3 Å². The van der Waals surface area contributed by atoms with Gasteiger partial charge in [-0.1, -0.05) is 30.0 Å². The van der Waals surface area contributed by atoms with Gasteiger partial charge in [0, 0.05) is 28.4 Å². The van der Waals surface area contributed by atoms with Crippen LogP contribution in [0.25, 0.3) is 0 Å². The van der Waals surface area contributed by atoms with Crippen molar-refractivity contribution in [1.82, 2.24) is 5.32 Å². The molecule has 2 heterocycles. The average Bonchev–Trinajstić information content (AvgIpc) is 3.36. The van der Waals surface area contributed by atoms with Crippen molar-refractivity contribution in [2.45, 2.75) is 52.3 Å². The number of hydrogen-bond acceptors (Lipinski definition) is 6. The summed E-state index contributed by atoms with van der Waals surface area (Å²) in [7, 11) is -4.06. The molecule has 194 valence electrons. The molecule has 2 aromatic carbocycles. The molecular weight excluding hydrogens is 597 g/mol. The van der Waals surface area contributed by atoms with Gasteiger partial charge in [-0.25, -0.2) is 8.42 Å². The predicted octanol–water partition coefficient (Wildman–Crippen LogP) is 7.23. The lowest BCUT2D eigenvalue weighted by Gasteiger charge is -2.27. The molecule has 1 aromatic heterocycles. The van der Waals surface area contributed by atoms with E-state index < -0.39 is 33.1 Å². The van der Waals surface area contributed by atoms with Gasteiger partial charge in [-0.3, -0.25) is 4.72 Å². The SMILES string of the molecule is Cc1cccc(C)c1Sc1sc(S(=O)(=O)Nc2ccc(C(F)(F)F)c(O[C@]3(C)CCNC3)c2)cc1Br. The molecule has 0 aliphatic carbocycles. The topological polar surface area (TPSA) is 67.4 Å². The first-order chi connectivity index (χ1) is 16.8. The van der Waals surface area contributed by atoms with E-state index in [4.69, 9.17) is 4.74 Å². The number of hydrogen-bond donors (Lipinski definition) is 2. The largest absolute Gasteiger partial charge is 0.485 e. The van der Waals surface area contributed by atoms with Crippen LogP contribution in [0, 0.1) is 13.8 Å². The second-order valence-electron chi connectivity index (χ2n) is 8.82. The van der Waals surface area contributed by atoms with Gasteiger partial charge < -0.3 is 10.1 Å². The van der Waals surface area contributed by atoms with E-state index >= 15 is 0 Å². The molecule has 0 spiro atoms. The van der Waals surface area contributed by atoms with Gasteiger partial charge >= 0.3 is 6.18 Å². The van der Waals surface area contributed by atoms with Gasteiger partial charge in [0.15, 0.2) is 0 Å². The zero-order chi connectivity index (χ0) is 26.3. The molecule has 1 saturated heterocycles. The van der Waals surface area contributed by atoms with Crippen molar-refractivity contribution in [3.63, 3.8) is 0 Å². The summed E-state index contributed by atoms with van der Waals surface area (Å²) in [5.74, 6) is -0.410. The van der Waals surface area contributed by atoms with Crippen LogP contribution in [0.1, 0.15) is 30.0 Å². The summed E-state index contributed by atoms with van der Waals surface area (Å²) in [5.41, 5.74) is 0.360. The van der Waals surface area contributed by atoms with Crippen molar-refractivity contribution in [1.29, 1.82) is 0 Å². The third-order valence-electron chi connectivity index (χ3n) is 5.73. The number of thiophene rings is 1. The Morgan fingerprint density at radius 1 is 1.17 bits per heavy atom. The number of sulfonamides is 1. The number of aryl methyl sites for hydroxylation is 2. The van der Waals surface area contributed by atoms with E-state index in [9.17, 15) is 21.6 Å². The van der Waals surface area contributed by atoms with Crippen molar-refractivity contribution >= 4 is 54.7 Å². The summed E-state index contributed by atoms with van der Waals surface area (Å²) in [4.78, 5) is 1.04. The minimum absolute atomic E-state index is 0.0129.